The Balaban J connectivity index is 2.33. The molecule has 4 nitrogen and oxygen atoms in total. The quantitative estimate of drug-likeness (QED) is 0.850. The van der Waals surface area contributed by atoms with Gasteiger partial charge in [-0.15, -0.1) is 0 Å². The predicted octanol–water partition coefficient (Wildman–Crippen LogP) is 2.66. The van der Waals surface area contributed by atoms with E-state index in [4.69, 9.17) is 4.74 Å². The van der Waals surface area contributed by atoms with E-state index in [1.165, 1.54) is 0 Å². The van der Waals surface area contributed by atoms with E-state index in [9.17, 15) is 5.26 Å². The van der Waals surface area contributed by atoms with Crippen molar-refractivity contribution < 1.29 is 4.74 Å². The summed E-state index contributed by atoms with van der Waals surface area (Å²) in [5.41, 5.74) is 0.931. The Morgan fingerprint density at radius 1 is 1.45 bits per heavy atom. The highest BCUT2D eigenvalue weighted by Crippen LogP contribution is 2.33. The molecule has 1 aliphatic rings. The molecule has 5 heteroatoms. The molecule has 108 valence electrons. The van der Waals surface area contributed by atoms with Crippen LogP contribution < -0.4 is 4.74 Å². The Morgan fingerprint density at radius 2 is 2.20 bits per heavy atom. The molecule has 2 atom stereocenters. The molecule has 1 aliphatic heterocycles. The average Bonchev–Trinajstić information content (AvgIpc) is 2.42. The van der Waals surface area contributed by atoms with Crippen LogP contribution in [0, 0.1) is 11.3 Å². The van der Waals surface area contributed by atoms with Crippen molar-refractivity contribution in [3.05, 3.63) is 28.2 Å². The van der Waals surface area contributed by atoms with E-state index in [-0.39, 0.29) is 6.04 Å². The van der Waals surface area contributed by atoms with Crippen LogP contribution in [0.25, 0.3) is 0 Å². The maximum Gasteiger partial charge on any atom is 0.127 e. The van der Waals surface area contributed by atoms with Crippen molar-refractivity contribution in [2.45, 2.75) is 19.0 Å². The van der Waals surface area contributed by atoms with Crippen LogP contribution in [0.5, 0.6) is 5.75 Å². The van der Waals surface area contributed by atoms with Gasteiger partial charge in [0.15, 0.2) is 0 Å². The van der Waals surface area contributed by atoms with Gasteiger partial charge in [-0.25, -0.2) is 0 Å². The number of nitrogens with zero attached hydrogens (tertiary/aromatic N) is 3. The van der Waals surface area contributed by atoms with E-state index in [1.54, 1.807) is 7.11 Å². The Kier molecular flexibility index (Phi) is 5.03. The normalized spacial score (nSPS) is 22.2. The Labute approximate surface area is 129 Å². The number of rotatable bonds is 3. The van der Waals surface area contributed by atoms with Gasteiger partial charge in [-0.1, -0.05) is 15.9 Å². The smallest absolute Gasteiger partial charge is 0.127 e. The number of likely N-dealkylation sites (N-methyl/N-ethyl adjacent to an activating group) is 1. The van der Waals surface area contributed by atoms with Gasteiger partial charge in [-0.05, 0) is 32.2 Å². The lowest BCUT2D eigenvalue weighted by Gasteiger charge is -2.40. The van der Waals surface area contributed by atoms with Crippen molar-refractivity contribution in [2.75, 3.05) is 33.8 Å². The number of halogens is 1. The largest absolute Gasteiger partial charge is 0.496 e. The molecule has 0 N–H and O–H groups in total. The second kappa shape index (κ2) is 6.57. The van der Waals surface area contributed by atoms with Crippen LogP contribution in [0.2, 0.25) is 0 Å². The molecule has 20 heavy (non-hydrogen) atoms. The molecule has 1 saturated heterocycles. The third-order valence-corrected chi connectivity index (χ3v) is 4.32. The molecule has 1 aromatic rings. The minimum absolute atomic E-state index is 0.272. The molecule has 1 heterocycles. The summed E-state index contributed by atoms with van der Waals surface area (Å²) < 4.78 is 6.39. The highest BCUT2D eigenvalue weighted by molar-refractivity contribution is 9.10. The van der Waals surface area contributed by atoms with E-state index in [1.807, 2.05) is 18.2 Å². The average molecular weight is 338 g/mol. The van der Waals surface area contributed by atoms with Crippen LogP contribution in [0.15, 0.2) is 22.7 Å². The topological polar surface area (TPSA) is 39.5 Å². The summed E-state index contributed by atoms with van der Waals surface area (Å²) >= 11 is 3.48. The summed E-state index contributed by atoms with van der Waals surface area (Å²) in [6.45, 7) is 5.03. The third kappa shape index (κ3) is 3.14. The minimum atomic E-state index is -0.272. The third-order valence-electron chi connectivity index (χ3n) is 3.82. The van der Waals surface area contributed by atoms with Crippen molar-refractivity contribution in [2.24, 2.45) is 0 Å². The summed E-state index contributed by atoms with van der Waals surface area (Å²) in [5, 5.41) is 9.65. The Hall–Kier alpha value is -1.09. The van der Waals surface area contributed by atoms with Crippen LogP contribution in [0.4, 0.5) is 0 Å². The summed E-state index contributed by atoms with van der Waals surface area (Å²) in [6, 6.07) is 8.34. The van der Waals surface area contributed by atoms with E-state index < -0.39 is 0 Å². The molecule has 0 spiro atoms. The van der Waals surface area contributed by atoms with E-state index >= 15 is 0 Å². The van der Waals surface area contributed by atoms with Gasteiger partial charge < -0.3 is 9.64 Å². The molecule has 0 saturated carbocycles. The van der Waals surface area contributed by atoms with Gasteiger partial charge in [0.2, 0.25) is 0 Å². The first kappa shape index (κ1) is 15.3. The number of ether oxygens (including phenoxy) is 1. The molecular weight excluding hydrogens is 318 g/mol. The van der Waals surface area contributed by atoms with Crippen LogP contribution >= 0.6 is 15.9 Å². The number of piperazine rings is 1. The lowest BCUT2D eigenvalue weighted by atomic mass is 10.0. The first-order valence-electron chi connectivity index (χ1n) is 6.74. The van der Waals surface area contributed by atoms with E-state index in [0.717, 1.165) is 35.4 Å². The highest BCUT2D eigenvalue weighted by Gasteiger charge is 2.30. The van der Waals surface area contributed by atoms with E-state index in [0.29, 0.717) is 6.04 Å². The zero-order chi connectivity index (χ0) is 14.7. The highest BCUT2D eigenvalue weighted by atomic mass is 79.9. The van der Waals surface area contributed by atoms with Crippen molar-refractivity contribution in [3.63, 3.8) is 0 Å². The standard InChI is InChI=1S/C15H20BrN3O/c1-11-10-18(2)6-7-19(11)14(9-17)13-8-12(16)4-5-15(13)20-3/h4-5,8,11,14H,6-7,10H2,1-3H3. The fourth-order valence-corrected chi connectivity index (χ4v) is 3.16. The zero-order valence-electron chi connectivity index (χ0n) is 12.1. The Morgan fingerprint density at radius 3 is 2.80 bits per heavy atom. The second-order valence-corrected chi connectivity index (χ2v) is 6.18. The van der Waals surface area contributed by atoms with Crippen molar-refractivity contribution in [1.29, 1.82) is 5.26 Å². The van der Waals surface area contributed by atoms with Gasteiger partial charge in [0, 0.05) is 35.7 Å². The second-order valence-electron chi connectivity index (χ2n) is 5.27. The molecule has 1 aromatic carbocycles. The molecule has 0 aromatic heterocycles. The van der Waals surface area contributed by atoms with Crippen LogP contribution in [0.3, 0.4) is 0 Å². The van der Waals surface area contributed by atoms with Gasteiger partial charge in [0.05, 0.1) is 13.2 Å². The molecule has 0 radical (unpaired) electrons. The monoisotopic (exact) mass is 337 g/mol. The molecule has 2 unspecified atom stereocenters. The fraction of sp³-hybridized carbons (Fsp3) is 0.533. The maximum absolute atomic E-state index is 9.65. The maximum atomic E-state index is 9.65. The van der Waals surface area contributed by atoms with Gasteiger partial charge in [0.25, 0.3) is 0 Å². The predicted molar refractivity (Wildman–Crippen MR) is 82.7 cm³/mol. The lowest BCUT2D eigenvalue weighted by molar-refractivity contribution is 0.0788. The van der Waals surface area contributed by atoms with E-state index in [2.05, 4.69) is 45.8 Å². The molecule has 0 bridgehead atoms. The molecule has 0 amide bonds. The molecule has 2 rings (SSSR count). The number of methoxy groups -OCH3 is 1. The summed E-state index contributed by atoms with van der Waals surface area (Å²) in [5.74, 6) is 0.769. The first-order valence-corrected chi connectivity index (χ1v) is 7.53. The van der Waals surface area contributed by atoms with Gasteiger partial charge in [0.1, 0.15) is 11.8 Å². The molecule has 1 fully saturated rings. The summed E-state index contributed by atoms with van der Waals surface area (Å²) in [4.78, 5) is 4.55. The van der Waals surface area contributed by atoms with Gasteiger partial charge in [-0.2, -0.15) is 5.26 Å². The van der Waals surface area contributed by atoms with Crippen molar-refractivity contribution >= 4 is 15.9 Å². The minimum Gasteiger partial charge on any atom is -0.496 e. The van der Waals surface area contributed by atoms with Crippen molar-refractivity contribution in [1.82, 2.24) is 9.80 Å². The lowest BCUT2D eigenvalue weighted by Crippen LogP contribution is -2.51. The van der Waals surface area contributed by atoms with Gasteiger partial charge in [-0.3, -0.25) is 4.90 Å². The first-order chi connectivity index (χ1) is 9.56. The zero-order valence-corrected chi connectivity index (χ0v) is 13.7. The van der Waals surface area contributed by atoms with Crippen LogP contribution in [-0.2, 0) is 0 Å². The van der Waals surface area contributed by atoms with Crippen molar-refractivity contribution in [3.8, 4) is 11.8 Å². The molecule has 0 aliphatic carbocycles. The molecular formula is C15H20BrN3O. The number of nitriles is 1. The van der Waals surface area contributed by atoms with Crippen LogP contribution in [-0.4, -0.2) is 49.6 Å². The fourth-order valence-electron chi connectivity index (χ4n) is 2.78. The Bertz CT molecular complexity index is 514. The van der Waals surface area contributed by atoms with Gasteiger partial charge >= 0.3 is 0 Å². The number of benzene rings is 1. The number of hydrogen-bond acceptors (Lipinski definition) is 4. The SMILES string of the molecule is COc1ccc(Br)cc1C(C#N)N1CCN(C)CC1C. The summed E-state index contributed by atoms with van der Waals surface area (Å²) in [6.07, 6.45) is 0. The summed E-state index contributed by atoms with van der Waals surface area (Å²) in [7, 11) is 3.77. The number of hydrogen-bond donors (Lipinski definition) is 0. The van der Waals surface area contributed by atoms with Crippen LogP contribution in [0.1, 0.15) is 18.5 Å².